The highest BCUT2D eigenvalue weighted by atomic mass is 79.9. The number of aliphatic hydroxyl groups is 1. The van der Waals surface area contributed by atoms with E-state index >= 15 is 0 Å². The molecule has 0 aliphatic carbocycles. The van der Waals surface area contributed by atoms with E-state index in [0.29, 0.717) is 5.56 Å². The molecule has 0 unspecified atom stereocenters. The number of hydrogen-bond donors (Lipinski definition) is 1. The average molecular weight is 273 g/mol. The molecule has 0 saturated carbocycles. The SMILES string of the molecule is C[C@H](O)[C@@H](C)OC(=O)c1ccc(Br)cc1. The molecule has 0 bridgehead atoms. The van der Waals surface area contributed by atoms with Crippen LogP contribution in [0.2, 0.25) is 0 Å². The lowest BCUT2D eigenvalue weighted by Gasteiger charge is -2.15. The molecule has 0 saturated heterocycles. The molecule has 0 amide bonds. The van der Waals surface area contributed by atoms with Gasteiger partial charge in [0.2, 0.25) is 0 Å². The zero-order valence-corrected chi connectivity index (χ0v) is 10.2. The highest BCUT2D eigenvalue weighted by Gasteiger charge is 2.15. The molecule has 1 N–H and O–H groups in total. The summed E-state index contributed by atoms with van der Waals surface area (Å²) in [7, 11) is 0. The Morgan fingerprint density at radius 3 is 2.33 bits per heavy atom. The Morgan fingerprint density at radius 1 is 1.33 bits per heavy atom. The Balaban J connectivity index is 2.65. The summed E-state index contributed by atoms with van der Waals surface area (Å²) in [6.07, 6.45) is -1.16. The first kappa shape index (κ1) is 12.2. The normalized spacial score (nSPS) is 14.4. The van der Waals surface area contributed by atoms with Crippen LogP contribution in [0, 0.1) is 0 Å². The first-order chi connectivity index (χ1) is 7.00. The summed E-state index contributed by atoms with van der Waals surface area (Å²) in [5.74, 6) is -0.420. The summed E-state index contributed by atoms with van der Waals surface area (Å²) in [4.78, 5) is 11.5. The molecule has 2 atom stereocenters. The maximum atomic E-state index is 11.5. The molecule has 1 rings (SSSR count). The Kier molecular flexibility index (Phi) is 4.29. The fourth-order valence-electron chi connectivity index (χ4n) is 0.921. The van der Waals surface area contributed by atoms with Crippen molar-refractivity contribution in [2.24, 2.45) is 0 Å². The van der Waals surface area contributed by atoms with Crippen molar-refractivity contribution < 1.29 is 14.6 Å². The standard InChI is InChI=1S/C11H13BrO3/c1-7(13)8(2)15-11(14)9-3-5-10(12)6-4-9/h3-8,13H,1-2H3/t7-,8+/m0/s1. The van der Waals surface area contributed by atoms with Crippen molar-refractivity contribution in [3.63, 3.8) is 0 Å². The van der Waals surface area contributed by atoms with E-state index in [1.165, 1.54) is 0 Å². The van der Waals surface area contributed by atoms with Crippen molar-refractivity contribution in [3.05, 3.63) is 34.3 Å². The molecule has 0 aliphatic heterocycles. The number of benzene rings is 1. The van der Waals surface area contributed by atoms with Gasteiger partial charge in [-0.2, -0.15) is 0 Å². The summed E-state index contributed by atoms with van der Waals surface area (Å²) in [6.45, 7) is 3.24. The monoisotopic (exact) mass is 272 g/mol. The summed E-state index contributed by atoms with van der Waals surface area (Å²) < 4.78 is 5.94. The molecular formula is C11H13BrO3. The number of aliphatic hydroxyl groups excluding tert-OH is 1. The number of ether oxygens (including phenoxy) is 1. The predicted molar refractivity (Wildman–Crippen MR) is 60.7 cm³/mol. The van der Waals surface area contributed by atoms with Gasteiger partial charge in [0, 0.05) is 4.47 Å². The second-order valence-corrected chi connectivity index (χ2v) is 4.27. The number of esters is 1. The number of halogens is 1. The van der Waals surface area contributed by atoms with Crippen LogP contribution < -0.4 is 0 Å². The minimum atomic E-state index is -0.663. The number of carbonyl (C=O) groups is 1. The smallest absolute Gasteiger partial charge is 0.338 e. The third-order valence-electron chi connectivity index (χ3n) is 2.05. The highest BCUT2D eigenvalue weighted by molar-refractivity contribution is 9.10. The van der Waals surface area contributed by atoms with Gasteiger partial charge in [-0.25, -0.2) is 4.79 Å². The maximum absolute atomic E-state index is 11.5. The van der Waals surface area contributed by atoms with Crippen LogP contribution in [0.25, 0.3) is 0 Å². The maximum Gasteiger partial charge on any atom is 0.338 e. The number of hydrogen-bond acceptors (Lipinski definition) is 3. The van der Waals surface area contributed by atoms with E-state index in [2.05, 4.69) is 15.9 Å². The van der Waals surface area contributed by atoms with Gasteiger partial charge in [0.15, 0.2) is 0 Å². The molecule has 15 heavy (non-hydrogen) atoms. The van der Waals surface area contributed by atoms with Gasteiger partial charge in [-0.05, 0) is 38.1 Å². The van der Waals surface area contributed by atoms with Crippen molar-refractivity contribution >= 4 is 21.9 Å². The Labute approximate surface area is 97.2 Å². The molecular weight excluding hydrogens is 260 g/mol. The van der Waals surface area contributed by atoms with Crippen molar-refractivity contribution in [1.29, 1.82) is 0 Å². The van der Waals surface area contributed by atoms with Crippen molar-refractivity contribution in [2.45, 2.75) is 26.1 Å². The third-order valence-corrected chi connectivity index (χ3v) is 2.58. The molecule has 0 aromatic heterocycles. The summed E-state index contributed by atoms with van der Waals surface area (Å²) in [5, 5.41) is 9.18. The van der Waals surface area contributed by atoms with Gasteiger partial charge in [-0.15, -0.1) is 0 Å². The van der Waals surface area contributed by atoms with Crippen LogP contribution in [-0.2, 0) is 4.74 Å². The predicted octanol–water partition coefficient (Wildman–Crippen LogP) is 2.38. The number of carbonyl (C=O) groups excluding carboxylic acids is 1. The van der Waals surface area contributed by atoms with E-state index in [1.54, 1.807) is 38.1 Å². The van der Waals surface area contributed by atoms with Gasteiger partial charge >= 0.3 is 5.97 Å². The first-order valence-electron chi connectivity index (χ1n) is 4.65. The van der Waals surface area contributed by atoms with Crippen LogP contribution in [0.4, 0.5) is 0 Å². The lowest BCUT2D eigenvalue weighted by atomic mass is 10.2. The van der Waals surface area contributed by atoms with Crippen molar-refractivity contribution in [3.8, 4) is 0 Å². The second-order valence-electron chi connectivity index (χ2n) is 3.36. The molecule has 1 aromatic rings. The molecule has 0 fully saturated rings. The fraction of sp³-hybridized carbons (Fsp3) is 0.364. The first-order valence-corrected chi connectivity index (χ1v) is 5.44. The zero-order chi connectivity index (χ0) is 11.4. The highest BCUT2D eigenvalue weighted by Crippen LogP contribution is 2.12. The quantitative estimate of drug-likeness (QED) is 0.860. The lowest BCUT2D eigenvalue weighted by molar-refractivity contribution is -0.00469. The van der Waals surface area contributed by atoms with E-state index < -0.39 is 18.2 Å². The summed E-state index contributed by atoms with van der Waals surface area (Å²) in [5.41, 5.74) is 0.478. The van der Waals surface area contributed by atoms with E-state index in [0.717, 1.165) is 4.47 Å². The Bertz CT molecular complexity index is 332. The van der Waals surface area contributed by atoms with Gasteiger partial charge < -0.3 is 9.84 Å². The van der Waals surface area contributed by atoms with E-state index in [9.17, 15) is 9.90 Å². The molecule has 0 heterocycles. The minimum Gasteiger partial charge on any atom is -0.456 e. The molecule has 0 aliphatic rings. The number of rotatable bonds is 3. The topological polar surface area (TPSA) is 46.5 Å². The summed E-state index contributed by atoms with van der Waals surface area (Å²) in [6, 6.07) is 6.87. The van der Waals surface area contributed by atoms with Gasteiger partial charge in [0.1, 0.15) is 6.10 Å². The van der Waals surface area contributed by atoms with Gasteiger partial charge in [-0.1, -0.05) is 15.9 Å². The Hall–Kier alpha value is -0.870. The molecule has 0 spiro atoms. The van der Waals surface area contributed by atoms with Crippen LogP contribution >= 0.6 is 15.9 Å². The second kappa shape index (κ2) is 5.28. The Morgan fingerprint density at radius 2 is 1.87 bits per heavy atom. The molecule has 3 nitrogen and oxygen atoms in total. The largest absolute Gasteiger partial charge is 0.456 e. The van der Waals surface area contributed by atoms with Crippen LogP contribution in [0.3, 0.4) is 0 Å². The van der Waals surface area contributed by atoms with E-state index in [-0.39, 0.29) is 0 Å². The average Bonchev–Trinajstić information content (AvgIpc) is 2.18. The molecule has 1 aromatic carbocycles. The zero-order valence-electron chi connectivity index (χ0n) is 8.61. The van der Waals surface area contributed by atoms with E-state index in [1.807, 2.05) is 0 Å². The summed E-state index contributed by atoms with van der Waals surface area (Å²) >= 11 is 3.28. The van der Waals surface area contributed by atoms with Gasteiger partial charge in [0.25, 0.3) is 0 Å². The van der Waals surface area contributed by atoms with E-state index in [4.69, 9.17) is 4.74 Å². The van der Waals surface area contributed by atoms with Crippen LogP contribution in [0.1, 0.15) is 24.2 Å². The fourth-order valence-corrected chi connectivity index (χ4v) is 1.19. The van der Waals surface area contributed by atoms with Crippen LogP contribution in [-0.4, -0.2) is 23.3 Å². The van der Waals surface area contributed by atoms with Gasteiger partial charge in [-0.3, -0.25) is 0 Å². The van der Waals surface area contributed by atoms with Crippen molar-refractivity contribution in [1.82, 2.24) is 0 Å². The van der Waals surface area contributed by atoms with Crippen LogP contribution in [0.5, 0.6) is 0 Å². The lowest BCUT2D eigenvalue weighted by Crippen LogP contribution is -2.25. The van der Waals surface area contributed by atoms with Gasteiger partial charge in [0.05, 0.1) is 11.7 Å². The molecule has 0 radical (unpaired) electrons. The third kappa shape index (κ3) is 3.64. The minimum absolute atomic E-state index is 0.420. The van der Waals surface area contributed by atoms with Crippen molar-refractivity contribution in [2.75, 3.05) is 0 Å². The molecule has 82 valence electrons. The molecule has 4 heteroatoms. The van der Waals surface area contributed by atoms with Crippen LogP contribution in [0.15, 0.2) is 28.7 Å².